The summed E-state index contributed by atoms with van der Waals surface area (Å²) in [6, 6.07) is 0.836. The highest BCUT2D eigenvalue weighted by molar-refractivity contribution is 4.91. The van der Waals surface area contributed by atoms with Gasteiger partial charge < -0.3 is 10.1 Å². The van der Waals surface area contributed by atoms with Gasteiger partial charge in [-0.3, -0.25) is 0 Å². The number of ether oxygens (including phenoxy) is 1. The van der Waals surface area contributed by atoms with E-state index in [-0.39, 0.29) is 0 Å². The van der Waals surface area contributed by atoms with Crippen molar-refractivity contribution >= 4 is 0 Å². The van der Waals surface area contributed by atoms with Crippen LogP contribution in [0.25, 0.3) is 0 Å². The van der Waals surface area contributed by atoms with Gasteiger partial charge in [-0.2, -0.15) is 0 Å². The Kier molecular flexibility index (Phi) is 5.61. The summed E-state index contributed by atoms with van der Waals surface area (Å²) < 4.78 is 6.13. The molecule has 0 amide bonds. The molecule has 0 unspecified atom stereocenters. The predicted octanol–water partition coefficient (Wildman–Crippen LogP) is 4.53. The smallest absolute Gasteiger partial charge is 0.0534 e. The Labute approximate surface area is 131 Å². The highest BCUT2D eigenvalue weighted by Crippen LogP contribution is 2.41. The average molecular weight is 293 g/mol. The fourth-order valence-corrected chi connectivity index (χ4v) is 3.82. The van der Waals surface area contributed by atoms with E-state index in [1.165, 1.54) is 77.2 Å². The van der Waals surface area contributed by atoms with Crippen molar-refractivity contribution in [3.8, 4) is 0 Å². The SMILES string of the molecule is CCCCC1CCC(CNC2CC2)(COCC2CC2)CC1. The molecule has 0 aromatic rings. The molecule has 0 spiro atoms. The van der Waals surface area contributed by atoms with Gasteiger partial charge in [0.15, 0.2) is 0 Å². The van der Waals surface area contributed by atoms with Crippen LogP contribution in [0.5, 0.6) is 0 Å². The Morgan fingerprint density at radius 3 is 2.38 bits per heavy atom. The highest BCUT2D eigenvalue weighted by Gasteiger charge is 2.37. The van der Waals surface area contributed by atoms with E-state index in [9.17, 15) is 0 Å². The molecule has 2 nitrogen and oxygen atoms in total. The van der Waals surface area contributed by atoms with E-state index in [4.69, 9.17) is 4.74 Å². The molecule has 3 aliphatic rings. The fraction of sp³-hybridized carbons (Fsp3) is 1.00. The molecule has 3 rings (SSSR count). The Morgan fingerprint density at radius 1 is 1.00 bits per heavy atom. The van der Waals surface area contributed by atoms with Gasteiger partial charge in [0.1, 0.15) is 0 Å². The van der Waals surface area contributed by atoms with Crippen LogP contribution < -0.4 is 5.32 Å². The van der Waals surface area contributed by atoms with E-state index >= 15 is 0 Å². The Balaban J connectivity index is 1.44. The molecule has 2 heteroatoms. The van der Waals surface area contributed by atoms with Crippen LogP contribution in [0, 0.1) is 17.3 Å². The first-order chi connectivity index (χ1) is 10.3. The van der Waals surface area contributed by atoms with Gasteiger partial charge >= 0.3 is 0 Å². The van der Waals surface area contributed by atoms with E-state index < -0.39 is 0 Å². The second kappa shape index (κ2) is 7.46. The molecule has 0 heterocycles. The van der Waals surface area contributed by atoms with Crippen LogP contribution in [0.3, 0.4) is 0 Å². The van der Waals surface area contributed by atoms with Crippen LogP contribution in [0.1, 0.15) is 77.6 Å². The van der Waals surface area contributed by atoms with E-state index in [0.29, 0.717) is 5.41 Å². The van der Waals surface area contributed by atoms with Crippen molar-refractivity contribution in [2.24, 2.45) is 17.3 Å². The highest BCUT2D eigenvalue weighted by atomic mass is 16.5. The third-order valence-corrected chi connectivity index (χ3v) is 5.93. The van der Waals surface area contributed by atoms with Gasteiger partial charge in [0.2, 0.25) is 0 Å². The van der Waals surface area contributed by atoms with E-state index in [1.54, 1.807) is 0 Å². The zero-order valence-corrected chi connectivity index (χ0v) is 14.0. The van der Waals surface area contributed by atoms with Gasteiger partial charge in [0, 0.05) is 24.6 Å². The number of hydrogen-bond donors (Lipinski definition) is 1. The number of rotatable bonds is 10. The fourth-order valence-electron chi connectivity index (χ4n) is 3.82. The van der Waals surface area contributed by atoms with Crippen molar-refractivity contribution in [1.29, 1.82) is 0 Å². The minimum absolute atomic E-state index is 0.459. The summed E-state index contributed by atoms with van der Waals surface area (Å²) in [5.41, 5.74) is 0.459. The number of nitrogens with one attached hydrogen (secondary N) is 1. The number of unbranched alkanes of at least 4 members (excludes halogenated alkanes) is 1. The topological polar surface area (TPSA) is 21.3 Å². The van der Waals surface area contributed by atoms with Gasteiger partial charge in [-0.25, -0.2) is 0 Å². The first kappa shape index (κ1) is 15.8. The summed E-state index contributed by atoms with van der Waals surface area (Å²) >= 11 is 0. The van der Waals surface area contributed by atoms with E-state index in [1.807, 2.05) is 0 Å². The molecule has 122 valence electrons. The average Bonchev–Trinajstić information content (AvgIpc) is 3.38. The molecule has 0 aromatic carbocycles. The lowest BCUT2D eigenvalue weighted by atomic mass is 9.69. The summed E-state index contributed by atoms with van der Waals surface area (Å²) in [5, 5.41) is 3.80. The number of hydrogen-bond acceptors (Lipinski definition) is 2. The quantitative estimate of drug-likeness (QED) is 0.639. The lowest BCUT2D eigenvalue weighted by Gasteiger charge is -2.40. The monoisotopic (exact) mass is 293 g/mol. The minimum atomic E-state index is 0.459. The first-order valence-electron chi connectivity index (χ1n) is 9.61. The maximum absolute atomic E-state index is 6.13. The zero-order chi connectivity index (χ0) is 14.5. The molecule has 0 radical (unpaired) electrons. The predicted molar refractivity (Wildman–Crippen MR) is 88.5 cm³/mol. The molecule has 3 aliphatic carbocycles. The van der Waals surface area contributed by atoms with Crippen molar-refractivity contribution in [3.05, 3.63) is 0 Å². The lowest BCUT2D eigenvalue weighted by Crippen LogP contribution is -2.42. The van der Waals surface area contributed by atoms with Crippen molar-refractivity contribution in [2.75, 3.05) is 19.8 Å². The van der Waals surface area contributed by atoms with Gasteiger partial charge in [-0.05, 0) is 63.2 Å². The summed E-state index contributed by atoms with van der Waals surface area (Å²) in [6.07, 6.45) is 15.5. The second-order valence-electron chi connectivity index (χ2n) is 8.20. The largest absolute Gasteiger partial charge is 0.381 e. The van der Waals surface area contributed by atoms with Gasteiger partial charge in [-0.1, -0.05) is 26.2 Å². The molecular formula is C19H35NO. The summed E-state index contributed by atoms with van der Waals surface area (Å²) in [4.78, 5) is 0. The maximum atomic E-state index is 6.13. The molecule has 1 N–H and O–H groups in total. The van der Waals surface area contributed by atoms with Crippen LogP contribution >= 0.6 is 0 Å². The summed E-state index contributed by atoms with van der Waals surface area (Å²) in [5.74, 6) is 1.90. The van der Waals surface area contributed by atoms with Crippen molar-refractivity contribution in [2.45, 2.75) is 83.6 Å². The van der Waals surface area contributed by atoms with Gasteiger partial charge in [0.25, 0.3) is 0 Å². The Bertz CT molecular complexity index is 301. The summed E-state index contributed by atoms with van der Waals surface area (Å²) in [7, 11) is 0. The van der Waals surface area contributed by atoms with Crippen LogP contribution in [-0.2, 0) is 4.74 Å². The minimum Gasteiger partial charge on any atom is -0.381 e. The molecule has 21 heavy (non-hydrogen) atoms. The molecule has 0 atom stereocenters. The first-order valence-corrected chi connectivity index (χ1v) is 9.61. The Morgan fingerprint density at radius 2 is 1.76 bits per heavy atom. The van der Waals surface area contributed by atoms with Crippen LogP contribution in [0.15, 0.2) is 0 Å². The summed E-state index contributed by atoms with van der Waals surface area (Å²) in [6.45, 7) is 5.58. The van der Waals surface area contributed by atoms with Crippen molar-refractivity contribution in [1.82, 2.24) is 5.32 Å². The lowest BCUT2D eigenvalue weighted by molar-refractivity contribution is 0.00533. The van der Waals surface area contributed by atoms with Crippen molar-refractivity contribution < 1.29 is 4.74 Å². The van der Waals surface area contributed by atoms with Crippen LogP contribution in [0.4, 0.5) is 0 Å². The standard InChI is InChI=1S/C19H35NO/c1-2-3-4-16-9-11-19(12-10-16,14-20-18-7-8-18)15-21-13-17-5-6-17/h16-18,20H,2-15H2,1H3. The molecule has 0 aliphatic heterocycles. The molecule has 0 aromatic heterocycles. The molecule has 0 bridgehead atoms. The Hall–Kier alpha value is -0.0800. The van der Waals surface area contributed by atoms with Crippen LogP contribution in [0.2, 0.25) is 0 Å². The van der Waals surface area contributed by atoms with Crippen molar-refractivity contribution in [3.63, 3.8) is 0 Å². The van der Waals surface area contributed by atoms with Crippen LogP contribution in [-0.4, -0.2) is 25.8 Å². The zero-order valence-electron chi connectivity index (χ0n) is 14.0. The third-order valence-electron chi connectivity index (χ3n) is 5.93. The molecular weight excluding hydrogens is 258 g/mol. The third kappa shape index (κ3) is 5.25. The molecule has 3 saturated carbocycles. The second-order valence-corrected chi connectivity index (χ2v) is 8.20. The van der Waals surface area contributed by atoms with E-state index in [2.05, 4.69) is 12.2 Å². The van der Waals surface area contributed by atoms with Gasteiger partial charge in [0.05, 0.1) is 6.61 Å². The van der Waals surface area contributed by atoms with E-state index in [0.717, 1.165) is 31.1 Å². The maximum Gasteiger partial charge on any atom is 0.0534 e. The normalized spacial score (nSPS) is 33.3. The molecule has 0 saturated heterocycles. The molecule has 3 fully saturated rings. The van der Waals surface area contributed by atoms with Gasteiger partial charge in [-0.15, -0.1) is 0 Å².